The summed E-state index contributed by atoms with van der Waals surface area (Å²) >= 11 is 0. The van der Waals surface area contributed by atoms with Crippen LogP contribution in [0.4, 0.5) is 0 Å². The molecule has 0 spiro atoms. The van der Waals surface area contributed by atoms with E-state index in [0.29, 0.717) is 19.4 Å². The first-order valence-corrected chi connectivity index (χ1v) is 13.3. The molecule has 0 aromatic rings. The Morgan fingerprint density at radius 2 is 1.39 bits per heavy atom. The highest BCUT2D eigenvalue weighted by atomic mass is 16.5. The Morgan fingerprint density at radius 3 is 1.94 bits per heavy atom. The first kappa shape index (κ1) is 32.0. The SMILES string of the molecule is CCC=CCC=CCC=CCC=CCC=CCCCC(=O)OCCCN1CC(O)[C@@H](O)[C@H](O)C1CO. The molecule has 1 fully saturated rings. The van der Waals surface area contributed by atoms with E-state index in [1.165, 1.54) is 0 Å². The molecule has 36 heavy (non-hydrogen) atoms. The second kappa shape index (κ2) is 21.1. The molecule has 0 aromatic carbocycles. The van der Waals surface area contributed by atoms with Crippen LogP contribution in [0.2, 0.25) is 0 Å². The third-order valence-corrected chi connectivity index (χ3v) is 5.98. The van der Waals surface area contributed by atoms with Gasteiger partial charge in [0, 0.05) is 19.5 Å². The van der Waals surface area contributed by atoms with Gasteiger partial charge in [0.2, 0.25) is 0 Å². The maximum atomic E-state index is 11.9. The number of unbranched alkanes of at least 4 members (excludes halogenated alkanes) is 1. The van der Waals surface area contributed by atoms with Gasteiger partial charge in [-0.2, -0.15) is 0 Å². The first-order valence-electron chi connectivity index (χ1n) is 13.3. The largest absolute Gasteiger partial charge is 0.466 e. The van der Waals surface area contributed by atoms with Crippen molar-refractivity contribution in [3.05, 3.63) is 60.8 Å². The van der Waals surface area contributed by atoms with Gasteiger partial charge in [-0.25, -0.2) is 0 Å². The lowest BCUT2D eigenvalue weighted by molar-refractivity contribution is -0.149. The molecule has 204 valence electrons. The molecular weight excluding hydrogens is 458 g/mol. The Labute approximate surface area is 217 Å². The van der Waals surface area contributed by atoms with Crippen LogP contribution in [0.15, 0.2) is 60.8 Å². The van der Waals surface area contributed by atoms with Gasteiger partial charge < -0.3 is 25.2 Å². The highest BCUT2D eigenvalue weighted by molar-refractivity contribution is 5.69. The van der Waals surface area contributed by atoms with Gasteiger partial charge in [-0.15, -0.1) is 0 Å². The molecule has 0 aliphatic carbocycles. The highest BCUT2D eigenvalue weighted by Gasteiger charge is 2.40. The van der Waals surface area contributed by atoms with Crippen LogP contribution in [-0.4, -0.2) is 82.0 Å². The number of allylic oxidation sites excluding steroid dienone is 10. The summed E-state index contributed by atoms with van der Waals surface area (Å²) in [5, 5.41) is 39.0. The molecule has 0 amide bonds. The van der Waals surface area contributed by atoms with Gasteiger partial charge in [0.15, 0.2) is 0 Å². The molecule has 1 heterocycles. The number of likely N-dealkylation sites (tertiary alicyclic amines) is 1. The number of piperidine rings is 1. The molecule has 2 unspecified atom stereocenters. The smallest absolute Gasteiger partial charge is 0.305 e. The summed E-state index contributed by atoms with van der Waals surface area (Å²) in [7, 11) is 0. The Balaban J connectivity index is 2.03. The second-order valence-electron chi connectivity index (χ2n) is 8.97. The van der Waals surface area contributed by atoms with Crippen molar-refractivity contribution in [3.63, 3.8) is 0 Å². The van der Waals surface area contributed by atoms with E-state index in [2.05, 4.69) is 67.7 Å². The molecule has 7 nitrogen and oxygen atoms in total. The van der Waals surface area contributed by atoms with Gasteiger partial charge in [0.1, 0.15) is 12.2 Å². The maximum Gasteiger partial charge on any atom is 0.305 e. The zero-order valence-corrected chi connectivity index (χ0v) is 21.8. The third kappa shape index (κ3) is 14.5. The number of nitrogens with zero attached hydrogens (tertiary/aromatic N) is 1. The van der Waals surface area contributed by atoms with Gasteiger partial charge in [-0.3, -0.25) is 9.69 Å². The molecule has 4 atom stereocenters. The Hall–Kier alpha value is -2.03. The van der Waals surface area contributed by atoms with Gasteiger partial charge in [-0.05, 0) is 51.4 Å². The average Bonchev–Trinajstić information content (AvgIpc) is 2.87. The number of aliphatic hydroxyl groups is 4. The summed E-state index contributed by atoms with van der Waals surface area (Å²) < 4.78 is 5.25. The van der Waals surface area contributed by atoms with E-state index in [9.17, 15) is 25.2 Å². The van der Waals surface area contributed by atoms with Crippen molar-refractivity contribution >= 4 is 5.97 Å². The summed E-state index contributed by atoms with van der Waals surface area (Å²) in [6, 6.07) is -0.637. The monoisotopic (exact) mass is 505 g/mol. The van der Waals surface area contributed by atoms with E-state index < -0.39 is 24.4 Å². The molecule has 7 heteroatoms. The van der Waals surface area contributed by atoms with E-state index in [0.717, 1.165) is 44.9 Å². The maximum absolute atomic E-state index is 11.9. The normalized spacial score (nSPS) is 23.8. The Kier molecular flexibility index (Phi) is 18.7. The van der Waals surface area contributed by atoms with Gasteiger partial charge in [-0.1, -0.05) is 67.7 Å². The number of rotatable bonds is 18. The predicted molar refractivity (Wildman–Crippen MR) is 144 cm³/mol. The van der Waals surface area contributed by atoms with Crippen LogP contribution in [0, 0.1) is 0 Å². The molecule has 1 saturated heterocycles. The van der Waals surface area contributed by atoms with Crippen molar-refractivity contribution in [3.8, 4) is 0 Å². The minimum absolute atomic E-state index is 0.157. The first-order chi connectivity index (χ1) is 17.5. The molecule has 0 aromatic heterocycles. The van der Waals surface area contributed by atoms with Crippen molar-refractivity contribution in [2.24, 2.45) is 0 Å². The van der Waals surface area contributed by atoms with E-state index >= 15 is 0 Å². The number of carbonyl (C=O) groups excluding carboxylic acids is 1. The Morgan fingerprint density at radius 1 is 0.833 bits per heavy atom. The molecule has 0 radical (unpaired) electrons. The summed E-state index contributed by atoms with van der Waals surface area (Å²) in [5.74, 6) is -0.241. The highest BCUT2D eigenvalue weighted by Crippen LogP contribution is 2.19. The fourth-order valence-corrected chi connectivity index (χ4v) is 3.89. The van der Waals surface area contributed by atoms with Gasteiger partial charge in [0.05, 0.1) is 25.4 Å². The zero-order chi connectivity index (χ0) is 26.4. The predicted octanol–water partition coefficient (Wildman–Crippen LogP) is 3.60. The quantitative estimate of drug-likeness (QED) is 0.128. The molecule has 1 aliphatic rings. The van der Waals surface area contributed by atoms with Crippen LogP contribution < -0.4 is 0 Å². The van der Waals surface area contributed by atoms with E-state index in [1.54, 1.807) is 4.90 Å². The van der Waals surface area contributed by atoms with Crippen molar-refractivity contribution < 1.29 is 30.0 Å². The van der Waals surface area contributed by atoms with Crippen LogP contribution in [0.25, 0.3) is 0 Å². The van der Waals surface area contributed by atoms with Gasteiger partial charge >= 0.3 is 5.97 Å². The Bertz CT molecular complexity index is 715. The van der Waals surface area contributed by atoms with Crippen LogP contribution in [-0.2, 0) is 9.53 Å². The molecular formula is C29H47NO6. The molecule has 1 rings (SSSR count). The summed E-state index contributed by atoms with van der Waals surface area (Å²) in [4.78, 5) is 13.6. The average molecular weight is 506 g/mol. The number of esters is 1. The second-order valence-corrected chi connectivity index (χ2v) is 8.97. The zero-order valence-electron chi connectivity index (χ0n) is 21.8. The standard InChI is InChI=1S/C29H47NO6/c1-2-3-4-5-6-7-8-9-10-11-12-13-14-15-16-17-18-20-27(33)36-22-19-21-30-23-26(32)29(35)28(34)25(30)24-31/h3-4,6-7,9-10,12-13,15-16,25-26,28-29,31-32,34-35H,2,5,8,11,14,17-24H2,1H3/t25?,26?,28-,29-/m1/s1. The van der Waals surface area contributed by atoms with Crippen LogP contribution in [0.1, 0.15) is 64.7 Å². The topological polar surface area (TPSA) is 110 Å². The van der Waals surface area contributed by atoms with Crippen LogP contribution >= 0.6 is 0 Å². The number of ether oxygens (including phenoxy) is 1. The van der Waals surface area contributed by atoms with Crippen LogP contribution in [0.3, 0.4) is 0 Å². The fourth-order valence-electron chi connectivity index (χ4n) is 3.89. The summed E-state index contributed by atoms with van der Waals surface area (Å²) in [5.41, 5.74) is 0. The van der Waals surface area contributed by atoms with Crippen molar-refractivity contribution in [1.82, 2.24) is 4.90 Å². The molecule has 1 aliphatic heterocycles. The lowest BCUT2D eigenvalue weighted by Gasteiger charge is -2.43. The number of hydrogen-bond acceptors (Lipinski definition) is 7. The fraction of sp³-hybridized carbons (Fsp3) is 0.621. The minimum Gasteiger partial charge on any atom is -0.466 e. The van der Waals surface area contributed by atoms with E-state index in [-0.39, 0.29) is 25.7 Å². The van der Waals surface area contributed by atoms with Crippen LogP contribution in [0.5, 0.6) is 0 Å². The third-order valence-electron chi connectivity index (χ3n) is 5.98. The number of carbonyl (C=O) groups is 1. The molecule has 0 bridgehead atoms. The molecule has 0 saturated carbocycles. The van der Waals surface area contributed by atoms with E-state index in [4.69, 9.17) is 4.74 Å². The van der Waals surface area contributed by atoms with Crippen molar-refractivity contribution in [1.29, 1.82) is 0 Å². The van der Waals surface area contributed by atoms with Gasteiger partial charge in [0.25, 0.3) is 0 Å². The summed E-state index contributed by atoms with van der Waals surface area (Å²) in [6.07, 6.45) is 25.4. The lowest BCUT2D eigenvalue weighted by Crippen LogP contribution is -2.62. The summed E-state index contributed by atoms with van der Waals surface area (Å²) in [6.45, 7) is 2.66. The lowest BCUT2D eigenvalue weighted by atomic mass is 9.94. The van der Waals surface area contributed by atoms with Crippen molar-refractivity contribution in [2.45, 2.75) is 89.1 Å². The molecule has 4 N–H and O–H groups in total. The van der Waals surface area contributed by atoms with E-state index in [1.807, 2.05) is 0 Å². The number of hydrogen-bond donors (Lipinski definition) is 4. The number of β-amino-alcohol motifs (C(OH)–C–C–N with tert-alkyl or cyclic N) is 1. The van der Waals surface area contributed by atoms with Crippen molar-refractivity contribution in [2.75, 3.05) is 26.3 Å². The number of aliphatic hydroxyl groups excluding tert-OH is 4. The minimum atomic E-state index is -1.26.